The first kappa shape index (κ1) is 19.2. The third-order valence-electron chi connectivity index (χ3n) is 5.83. The monoisotopic (exact) mass is 382 g/mol. The van der Waals surface area contributed by atoms with Gasteiger partial charge in [0.15, 0.2) is 0 Å². The highest BCUT2D eigenvalue weighted by molar-refractivity contribution is 5.78. The van der Waals surface area contributed by atoms with Gasteiger partial charge in [0, 0.05) is 32.7 Å². The van der Waals surface area contributed by atoms with E-state index in [0.717, 1.165) is 56.7 Å². The molecule has 0 radical (unpaired) electrons. The quantitative estimate of drug-likeness (QED) is 0.883. The molecule has 2 aromatic rings. The highest BCUT2D eigenvalue weighted by Gasteiger charge is 2.23. The average Bonchev–Trinajstić information content (AvgIpc) is 2.89. The fourth-order valence-electron chi connectivity index (χ4n) is 4.24. The third-order valence-corrected chi connectivity index (χ3v) is 5.83. The summed E-state index contributed by atoms with van der Waals surface area (Å²) >= 11 is 0. The van der Waals surface area contributed by atoms with E-state index < -0.39 is 6.10 Å². The van der Waals surface area contributed by atoms with Gasteiger partial charge in [-0.05, 0) is 30.9 Å². The van der Waals surface area contributed by atoms with E-state index in [-0.39, 0.29) is 5.91 Å². The molecule has 6 nitrogen and oxygen atoms in total. The highest BCUT2D eigenvalue weighted by Crippen LogP contribution is 2.23. The molecule has 0 saturated carbocycles. The molecular weight excluding hydrogens is 352 g/mol. The molecule has 1 N–H and O–H groups in total. The van der Waals surface area contributed by atoms with Crippen molar-refractivity contribution >= 4 is 5.91 Å². The maximum absolute atomic E-state index is 12.8. The van der Waals surface area contributed by atoms with Crippen LogP contribution in [0.5, 0.6) is 0 Å². The average molecular weight is 383 g/mol. The second kappa shape index (κ2) is 8.88. The number of aryl methyl sites for hydroxylation is 1. The Kier molecular flexibility index (Phi) is 6.07. The highest BCUT2D eigenvalue weighted by atomic mass is 16.3. The van der Waals surface area contributed by atoms with Gasteiger partial charge in [-0.25, -0.2) is 0 Å². The number of aliphatic hydroxyl groups is 1. The molecular formula is C22H30N4O2. The van der Waals surface area contributed by atoms with E-state index >= 15 is 0 Å². The fourth-order valence-corrected chi connectivity index (χ4v) is 4.24. The normalized spacial score (nSPS) is 19.5. The van der Waals surface area contributed by atoms with E-state index in [1.807, 2.05) is 46.0 Å². The number of benzene rings is 1. The van der Waals surface area contributed by atoms with Crippen molar-refractivity contribution in [3.8, 4) is 0 Å². The van der Waals surface area contributed by atoms with Gasteiger partial charge in [0.25, 0.3) is 0 Å². The summed E-state index contributed by atoms with van der Waals surface area (Å²) in [5.41, 5.74) is 2.61. The predicted molar refractivity (Wildman–Crippen MR) is 108 cm³/mol. The van der Waals surface area contributed by atoms with Crippen LogP contribution in [0.1, 0.15) is 55.2 Å². The van der Waals surface area contributed by atoms with Crippen LogP contribution in [0.4, 0.5) is 0 Å². The molecule has 1 atom stereocenters. The molecule has 2 aliphatic heterocycles. The largest absolute Gasteiger partial charge is 0.382 e. The molecule has 1 amide bonds. The number of nitrogens with zero attached hydrogens (tertiary/aromatic N) is 4. The van der Waals surface area contributed by atoms with Gasteiger partial charge in [0.2, 0.25) is 5.91 Å². The lowest BCUT2D eigenvalue weighted by molar-refractivity contribution is -0.132. The standard InChI is InChI=1S/C22H30N4O2/c27-21(25-12-6-1-2-7-13-25)17-24-11-8-14-26-19(16-24)15-20(23-26)22(28)18-9-4-3-5-10-18/h3-5,9-10,15,22,28H,1-2,6-8,11-14,16-17H2/t22-/m0/s1. The molecule has 0 bridgehead atoms. The second-order valence-corrected chi connectivity index (χ2v) is 7.96. The third kappa shape index (κ3) is 4.45. The van der Waals surface area contributed by atoms with Gasteiger partial charge in [-0.15, -0.1) is 0 Å². The number of carbonyl (C=O) groups is 1. The summed E-state index contributed by atoms with van der Waals surface area (Å²) < 4.78 is 2.00. The van der Waals surface area contributed by atoms with Crippen molar-refractivity contribution in [2.24, 2.45) is 0 Å². The van der Waals surface area contributed by atoms with E-state index in [2.05, 4.69) is 10.00 Å². The summed E-state index contributed by atoms with van der Waals surface area (Å²) in [5.74, 6) is 0.249. The maximum Gasteiger partial charge on any atom is 0.236 e. The molecule has 1 saturated heterocycles. The van der Waals surface area contributed by atoms with E-state index in [9.17, 15) is 9.90 Å². The van der Waals surface area contributed by atoms with Crippen molar-refractivity contribution in [3.05, 3.63) is 53.3 Å². The Morgan fingerprint density at radius 2 is 1.75 bits per heavy atom. The van der Waals surface area contributed by atoms with Crippen LogP contribution in [0.25, 0.3) is 0 Å². The molecule has 0 unspecified atom stereocenters. The zero-order valence-electron chi connectivity index (χ0n) is 16.5. The maximum atomic E-state index is 12.8. The smallest absolute Gasteiger partial charge is 0.236 e. The lowest BCUT2D eigenvalue weighted by Gasteiger charge is -2.25. The van der Waals surface area contributed by atoms with Crippen LogP contribution >= 0.6 is 0 Å². The summed E-state index contributed by atoms with van der Waals surface area (Å²) in [6.45, 7) is 4.71. The number of hydrogen-bond donors (Lipinski definition) is 1. The molecule has 1 aromatic carbocycles. The summed E-state index contributed by atoms with van der Waals surface area (Å²) in [6, 6.07) is 11.6. The number of aromatic nitrogens is 2. The first-order valence-electron chi connectivity index (χ1n) is 10.5. The molecule has 1 aromatic heterocycles. The number of carbonyl (C=O) groups excluding carboxylic acids is 1. The van der Waals surface area contributed by atoms with Crippen LogP contribution in [0.3, 0.4) is 0 Å². The Hall–Kier alpha value is -2.18. The number of amides is 1. The number of hydrogen-bond acceptors (Lipinski definition) is 4. The minimum atomic E-state index is -0.715. The van der Waals surface area contributed by atoms with Crippen LogP contribution in [0, 0.1) is 0 Å². The Morgan fingerprint density at radius 1 is 1.00 bits per heavy atom. The molecule has 0 aliphatic carbocycles. The predicted octanol–water partition coefficient (Wildman–Crippen LogP) is 2.57. The summed E-state index contributed by atoms with van der Waals surface area (Å²) in [7, 11) is 0. The van der Waals surface area contributed by atoms with Crippen molar-refractivity contribution in [2.75, 3.05) is 26.2 Å². The van der Waals surface area contributed by atoms with E-state index in [4.69, 9.17) is 0 Å². The summed E-state index contributed by atoms with van der Waals surface area (Å²) in [5, 5.41) is 15.3. The molecule has 3 heterocycles. The first-order chi connectivity index (χ1) is 13.7. The molecule has 150 valence electrons. The SMILES string of the molecule is O=C(CN1CCCn2nc([C@@H](O)c3ccccc3)cc2C1)N1CCCCCC1. The molecule has 4 rings (SSSR count). The minimum Gasteiger partial charge on any atom is -0.382 e. The van der Waals surface area contributed by atoms with Crippen LogP contribution in [-0.2, 0) is 17.9 Å². The topological polar surface area (TPSA) is 61.6 Å². The van der Waals surface area contributed by atoms with Gasteiger partial charge in [-0.2, -0.15) is 5.10 Å². The summed E-state index contributed by atoms with van der Waals surface area (Å²) in [4.78, 5) is 17.0. The molecule has 0 spiro atoms. The fraction of sp³-hybridized carbons (Fsp3) is 0.545. The van der Waals surface area contributed by atoms with Gasteiger partial charge in [-0.1, -0.05) is 43.2 Å². The molecule has 28 heavy (non-hydrogen) atoms. The Labute approximate surface area is 166 Å². The number of fused-ring (bicyclic) bond motifs is 1. The first-order valence-corrected chi connectivity index (χ1v) is 10.5. The van der Waals surface area contributed by atoms with Gasteiger partial charge in [0.05, 0.1) is 17.9 Å². The number of rotatable bonds is 4. The molecule has 6 heteroatoms. The van der Waals surface area contributed by atoms with Crippen LogP contribution in [0.15, 0.2) is 36.4 Å². The van der Waals surface area contributed by atoms with Gasteiger partial charge >= 0.3 is 0 Å². The number of aliphatic hydroxyl groups excluding tert-OH is 1. The van der Waals surface area contributed by atoms with Crippen molar-refractivity contribution < 1.29 is 9.90 Å². The number of likely N-dealkylation sites (tertiary alicyclic amines) is 1. The van der Waals surface area contributed by atoms with Crippen molar-refractivity contribution in [1.29, 1.82) is 0 Å². The van der Waals surface area contributed by atoms with Crippen molar-refractivity contribution in [1.82, 2.24) is 19.6 Å². The molecule has 1 fully saturated rings. The lowest BCUT2D eigenvalue weighted by Crippen LogP contribution is -2.40. The van der Waals surface area contributed by atoms with Crippen LogP contribution in [0.2, 0.25) is 0 Å². The van der Waals surface area contributed by atoms with Crippen molar-refractivity contribution in [3.63, 3.8) is 0 Å². The van der Waals surface area contributed by atoms with E-state index in [1.54, 1.807) is 0 Å². The Bertz CT molecular complexity index is 781. The zero-order chi connectivity index (χ0) is 19.3. The van der Waals surface area contributed by atoms with Crippen molar-refractivity contribution in [2.45, 2.75) is 51.3 Å². The molecule has 2 aliphatic rings. The minimum absolute atomic E-state index is 0.249. The second-order valence-electron chi connectivity index (χ2n) is 7.96. The van der Waals surface area contributed by atoms with Crippen LogP contribution < -0.4 is 0 Å². The van der Waals surface area contributed by atoms with Gasteiger partial charge in [-0.3, -0.25) is 14.4 Å². The van der Waals surface area contributed by atoms with Gasteiger partial charge < -0.3 is 10.0 Å². The Morgan fingerprint density at radius 3 is 2.50 bits per heavy atom. The Balaban J connectivity index is 1.43. The zero-order valence-corrected chi connectivity index (χ0v) is 16.5. The van der Waals surface area contributed by atoms with E-state index in [0.29, 0.717) is 18.8 Å². The van der Waals surface area contributed by atoms with Crippen LogP contribution in [-0.4, -0.2) is 56.8 Å². The van der Waals surface area contributed by atoms with Gasteiger partial charge in [0.1, 0.15) is 6.10 Å². The lowest BCUT2D eigenvalue weighted by atomic mass is 10.1. The summed E-state index contributed by atoms with van der Waals surface area (Å²) in [6.07, 6.45) is 4.97. The van der Waals surface area contributed by atoms with E-state index in [1.165, 1.54) is 12.8 Å².